The third-order valence-electron chi connectivity index (χ3n) is 1.30. The Morgan fingerprint density at radius 1 is 1.36 bits per heavy atom. The van der Waals surface area contributed by atoms with Crippen molar-refractivity contribution in [3.8, 4) is 0 Å². The first-order valence-corrected chi connectivity index (χ1v) is 5.60. The predicted molar refractivity (Wildman–Crippen MR) is 55.6 cm³/mol. The van der Waals surface area contributed by atoms with Crippen molar-refractivity contribution in [1.29, 1.82) is 0 Å². The molecule has 1 atom stereocenters. The smallest absolute Gasteiger partial charge is 0.0163 e. The Morgan fingerprint density at radius 2 is 2.00 bits per heavy atom. The Morgan fingerprint density at radius 3 is 2.55 bits per heavy atom. The number of halogens is 1. The molecule has 0 bridgehead atoms. The van der Waals surface area contributed by atoms with Crippen molar-refractivity contribution in [3.63, 3.8) is 0 Å². The minimum atomic E-state index is 0.650. The first kappa shape index (κ1) is 9.14. The third kappa shape index (κ3) is 3.30. The van der Waals surface area contributed by atoms with Crippen LogP contribution in [-0.4, -0.2) is 10.6 Å². The van der Waals surface area contributed by atoms with Crippen molar-refractivity contribution in [2.24, 2.45) is 0 Å². The van der Waals surface area contributed by atoms with Crippen molar-refractivity contribution >= 4 is 27.7 Å². The van der Waals surface area contributed by atoms with Crippen LogP contribution in [0.3, 0.4) is 0 Å². The van der Waals surface area contributed by atoms with E-state index >= 15 is 0 Å². The van der Waals surface area contributed by atoms with Gasteiger partial charge in [0, 0.05) is 15.5 Å². The van der Waals surface area contributed by atoms with Gasteiger partial charge in [0.25, 0.3) is 0 Å². The van der Waals surface area contributed by atoms with Crippen molar-refractivity contribution in [2.45, 2.75) is 17.1 Å². The lowest BCUT2D eigenvalue weighted by atomic mass is 10.4. The molecule has 1 rings (SSSR count). The lowest BCUT2D eigenvalue weighted by molar-refractivity contribution is 1.14. The maximum absolute atomic E-state index is 3.45. The van der Waals surface area contributed by atoms with Crippen molar-refractivity contribution in [1.82, 2.24) is 0 Å². The fourth-order valence-corrected chi connectivity index (χ4v) is 2.00. The van der Waals surface area contributed by atoms with E-state index in [-0.39, 0.29) is 0 Å². The molecule has 0 N–H and O–H groups in total. The molecule has 1 aromatic carbocycles. The van der Waals surface area contributed by atoms with Crippen LogP contribution < -0.4 is 0 Å². The molecular formula is C9H11BrS. The van der Waals surface area contributed by atoms with Crippen LogP contribution in [0.25, 0.3) is 0 Å². The molecular weight excluding hydrogens is 220 g/mol. The summed E-state index contributed by atoms with van der Waals surface area (Å²) in [7, 11) is 0. The summed E-state index contributed by atoms with van der Waals surface area (Å²) < 4.78 is 0. The van der Waals surface area contributed by atoms with Crippen molar-refractivity contribution in [3.05, 3.63) is 30.3 Å². The highest BCUT2D eigenvalue weighted by atomic mass is 79.9. The molecule has 0 nitrogen and oxygen atoms in total. The fraction of sp³-hybridized carbons (Fsp3) is 0.333. The quantitative estimate of drug-likeness (QED) is 0.566. The van der Waals surface area contributed by atoms with E-state index in [1.54, 1.807) is 0 Å². The number of rotatable bonds is 3. The number of hydrogen-bond donors (Lipinski definition) is 0. The van der Waals surface area contributed by atoms with E-state index in [9.17, 15) is 0 Å². The summed E-state index contributed by atoms with van der Waals surface area (Å²) in [6, 6.07) is 10.5. The van der Waals surface area contributed by atoms with Gasteiger partial charge in [-0.15, -0.1) is 11.8 Å². The van der Waals surface area contributed by atoms with E-state index in [4.69, 9.17) is 0 Å². The number of thioether (sulfide) groups is 1. The molecule has 0 aliphatic rings. The SMILES string of the molecule is CC(CBr)Sc1ccccc1. The Bertz CT molecular complexity index is 198. The summed E-state index contributed by atoms with van der Waals surface area (Å²) in [5.41, 5.74) is 0. The number of benzene rings is 1. The van der Waals surface area contributed by atoms with E-state index in [1.165, 1.54) is 4.90 Å². The van der Waals surface area contributed by atoms with E-state index in [0.29, 0.717) is 5.25 Å². The summed E-state index contributed by atoms with van der Waals surface area (Å²) >= 11 is 5.35. The highest BCUT2D eigenvalue weighted by molar-refractivity contribution is 9.09. The van der Waals surface area contributed by atoms with E-state index < -0.39 is 0 Å². The van der Waals surface area contributed by atoms with E-state index in [2.05, 4.69) is 47.1 Å². The molecule has 0 aromatic heterocycles. The van der Waals surface area contributed by atoms with Crippen LogP contribution in [0.2, 0.25) is 0 Å². The maximum atomic E-state index is 3.45. The van der Waals surface area contributed by atoms with Gasteiger partial charge in [-0.2, -0.15) is 0 Å². The first-order chi connectivity index (χ1) is 5.33. The lowest BCUT2D eigenvalue weighted by Crippen LogP contribution is -1.95. The Kier molecular flexibility index (Phi) is 4.02. The van der Waals surface area contributed by atoms with Gasteiger partial charge in [0.2, 0.25) is 0 Å². The Balaban J connectivity index is 2.51. The Hall–Kier alpha value is 0.0500. The molecule has 0 saturated heterocycles. The van der Waals surface area contributed by atoms with Crippen LogP contribution in [0.5, 0.6) is 0 Å². The highest BCUT2D eigenvalue weighted by Gasteiger charge is 2.00. The molecule has 1 unspecified atom stereocenters. The average molecular weight is 231 g/mol. The van der Waals surface area contributed by atoms with E-state index in [1.807, 2.05) is 17.8 Å². The Labute approximate surface area is 80.5 Å². The number of hydrogen-bond acceptors (Lipinski definition) is 1. The van der Waals surface area contributed by atoms with Gasteiger partial charge in [-0.3, -0.25) is 0 Å². The normalized spacial score (nSPS) is 12.9. The van der Waals surface area contributed by atoms with Crippen molar-refractivity contribution in [2.75, 3.05) is 5.33 Å². The molecule has 1 aromatic rings. The monoisotopic (exact) mass is 230 g/mol. The van der Waals surface area contributed by atoms with Crippen molar-refractivity contribution < 1.29 is 0 Å². The molecule has 0 amide bonds. The summed E-state index contributed by atoms with van der Waals surface area (Å²) in [5, 5.41) is 1.70. The minimum absolute atomic E-state index is 0.650. The molecule has 11 heavy (non-hydrogen) atoms. The predicted octanol–water partition coefficient (Wildman–Crippen LogP) is 3.56. The topological polar surface area (TPSA) is 0 Å². The molecule has 0 aliphatic heterocycles. The van der Waals surface area contributed by atoms with Crippen LogP contribution in [-0.2, 0) is 0 Å². The van der Waals surface area contributed by atoms with E-state index in [0.717, 1.165) is 5.33 Å². The number of alkyl halides is 1. The molecule has 0 aliphatic carbocycles. The third-order valence-corrected chi connectivity index (χ3v) is 3.81. The van der Waals surface area contributed by atoms with Gasteiger partial charge in [0.1, 0.15) is 0 Å². The van der Waals surface area contributed by atoms with Gasteiger partial charge in [0.05, 0.1) is 0 Å². The molecule has 0 saturated carbocycles. The fourth-order valence-electron chi connectivity index (χ4n) is 0.763. The van der Waals surface area contributed by atoms with Crippen LogP contribution >= 0.6 is 27.7 Å². The van der Waals surface area contributed by atoms with Gasteiger partial charge >= 0.3 is 0 Å². The molecule has 60 valence electrons. The van der Waals surface area contributed by atoms with Gasteiger partial charge in [0.15, 0.2) is 0 Å². The zero-order valence-electron chi connectivity index (χ0n) is 6.46. The van der Waals surface area contributed by atoms with Crippen LogP contribution in [0.15, 0.2) is 35.2 Å². The first-order valence-electron chi connectivity index (χ1n) is 3.60. The molecule has 0 radical (unpaired) electrons. The zero-order chi connectivity index (χ0) is 8.10. The van der Waals surface area contributed by atoms with Gasteiger partial charge in [-0.1, -0.05) is 41.1 Å². The second-order valence-electron chi connectivity index (χ2n) is 2.40. The standard InChI is InChI=1S/C9H11BrS/c1-8(7-10)11-9-5-3-2-4-6-9/h2-6,8H,7H2,1H3. The summed E-state index contributed by atoms with van der Waals surface area (Å²) in [6.07, 6.45) is 0. The summed E-state index contributed by atoms with van der Waals surface area (Å²) in [5.74, 6) is 0. The summed E-state index contributed by atoms with van der Waals surface area (Å²) in [4.78, 5) is 1.35. The molecule has 2 heteroatoms. The second-order valence-corrected chi connectivity index (χ2v) is 4.56. The van der Waals surface area contributed by atoms with Crippen LogP contribution in [0.4, 0.5) is 0 Å². The zero-order valence-corrected chi connectivity index (χ0v) is 8.86. The van der Waals surface area contributed by atoms with Gasteiger partial charge < -0.3 is 0 Å². The summed E-state index contributed by atoms with van der Waals surface area (Å²) in [6.45, 7) is 2.21. The maximum Gasteiger partial charge on any atom is 0.0163 e. The molecule has 0 spiro atoms. The van der Waals surface area contributed by atoms with Gasteiger partial charge in [-0.05, 0) is 12.1 Å². The van der Waals surface area contributed by atoms with Crippen LogP contribution in [0.1, 0.15) is 6.92 Å². The van der Waals surface area contributed by atoms with Gasteiger partial charge in [-0.25, -0.2) is 0 Å². The lowest BCUT2D eigenvalue weighted by Gasteiger charge is -2.05. The molecule has 0 fully saturated rings. The minimum Gasteiger partial charge on any atom is -0.122 e. The average Bonchev–Trinajstić information content (AvgIpc) is 2.06. The molecule has 0 heterocycles. The highest BCUT2D eigenvalue weighted by Crippen LogP contribution is 2.23. The second kappa shape index (κ2) is 4.83. The van der Waals surface area contributed by atoms with Crippen LogP contribution in [0, 0.1) is 0 Å². The largest absolute Gasteiger partial charge is 0.122 e.